The van der Waals surface area contributed by atoms with Crippen LogP contribution in [0.1, 0.15) is 37.6 Å². The number of amides is 1. The lowest BCUT2D eigenvalue weighted by atomic mass is 9.99. The molecule has 0 aliphatic carbocycles. The molecule has 1 aromatic carbocycles. The molecule has 2 atom stereocenters. The Morgan fingerprint density at radius 3 is 2.43 bits per heavy atom. The molecule has 0 saturated carbocycles. The first-order valence-electron chi connectivity index (χ1n) is 6.67. The average Bonchev–Trinajstić information content (AvgIpc) is 2.43. The minimum atomic E-state index is -1.09. The molecule has 0 heterocycles. The van der Waals surface area contributed by atoms with E-state index in [0.717, 1.165) is 0 Å². The number of carbonyl (C=O) groups is 3. The van der Waals surface area contributed by atoms with Crippen LogP contribution < -0.4 is 10.1 Å². The van der Waals surface area contributed by atoms with Gasteiger partial charge in [0.1, 0.15) is 11.8 Å². The number of nitrogens with one attached hydrogen (secondary N) is 1. The predicted octanol–water partition coefficient (Wildman–Crippen LogP) is 1.84. The highest BCUT2D eigenvalue weighted by atomic mass is 16.5. The SMILES string of the molecule is CCC(C)C(NC(=O)c1ccccc1OC(C)=O)C(=O)O. The summed E-state index contributed by atoms with van der Waals surface area (Å²) in [7, 11) is 0. The van der Waals surface area contributed by atoms with Gasteiger partial charge in [-0.05, 0) is 18.1 Å². The Hall–Kier alpha value is -2.37. The molecule has 0 saturated heterocycles. The second kappa shape index (κ2) is 7.42. The number of carboxylic acid groups (broad SMARTS) is 1. The number of benzene rings is 1. The van der Waals surface area contributed by atoms with Crippen LogP contribution in [0.15, 0.2) is 24.3 Å². The number of hydrogen-bond acceptors (Lipinski definition) is 4. The van der Waals surface area contributed by atoms with Crippen molar-refractivity contribution < 1.29 is 24.2 Å². The van der Waals surface area contributed by atoms with Gasteiger partial charge in [-0.2, -0.15) is 0 Å². The van der Waals surface area contributed by atoms with E-state index in [2.05, 4.69) is 5.32 Å². The highest BCUT2D eigenvalue weighted by Crippen LogP contribution is 2.19. The van der Waals surface area contributed by atoms with Gasteiger partial charge in [-0.1, -0.05) is 32.4 Å². The third-order valence-electron chi connectivity index (χ3n) is 3.15. The molecule has 0 radical (unpaired) electrons. The monoisotopic (exact) mass is 293 g/mol. The topological polar surface area (TPSA) is 92.7 Å². The molecule has 1 aromatic rings. The molecule has 0 fully saturated rings. The van der Waals surface area contributed by atoms with Crippen LogP contribution in [0.5, 0.6) is 5.75 Å². The summed E-state index contributed by atoms with van der Waals surface area (Å²) in [5.74, 6) is -2.34. The summed E-state index contributed by atoms with van der Waals surface area (Å²) >= 11 is 0. The van der Waals surface area contributed by atoms with Crippen LogP contribution in [0.2, 0.25) is 0 Å². The van der Waals surface area contributed by atoms with Gasteiger partial charge < -0.3 is 15.2 Å². The minimum Gasteiger partial charge on any atom is -0.480 e. The fraction of sp³-hybridized carbons (Fsp3) is 0.400. The van der Waals surface area contributed by atoms with Gasteiger partial charge in [0.25, 0.3) is 5.91 Å². The summed E-state index contributed by atoms with van der Waals surface area (Å²) in [4.78, 5) is 34.5. The normalized spacial score (nSPS) is 13.1. The smallest absolute Gasteiger partial charge is 0.326 e. The van der Waals surface area contributed by atoms with Gasteiger partial charge in [-0.15, -0.1) is 0 Å². The molecule has 21 heavy (non-hydrogen) atoms. The van der Waals surface area contributed by atoms with Crippen LogP contribution in [0.3, 0.4) is 0 Å². The molecule has 2 unspecified atom stereocenters. The molecule has 6 heteroatoms. The number of esters is 1. The summed E-state index contributed by atoms with van der Waals surface area (Å²) < 4.78 is 4.95. The van der Waals surface area contributed by atoms with Gasteiger partial charge in [0.05, 0.1) is 5.56 Å². The van der Waals surface area contributed by atoms with Crippen LogP contribution in [0.25, 0.3) is 0 Å². The van der Waals surface area contributed by atoms with Gasteiger partial charge >= 0.3 is 11.9 Å². The van der Waals surface area contributed by atoms with Gasteiger partial charge in [-0.25, -0.2) is 4.79 Å². The Morgan fingerprint density at radius 2 is 1.90 bits per heavy atom. The zero-order valence-electron chi connectivity index (χ0n) is 12.3. The molecule has 114 valence electrons. The summed E-state index contributed by atoms with van der Waals surface area (Å²) in [5.41, 5.74) is 0.127. The fourth-order valence-corrected chi connectivity index (χ4v) is 1.80. The van der Waals surface area contributed by atoms with Crippen LogP contribution >= 0.6 is 0 Å². The van der Waals surface area contributed by atoms with E-state index in [-0.39, 0.29) is 17.2 Å². The zero-order valence-corrected chi connectivity index (χ0v) is 12.3. The fourth-order valence-electron chi connectivity index (χ4n) is 1.80. The molecular formula is C15H19NO5. The Labute approximate surface area is 123 Å². The highest BCUT2D eigenvalue weighted by molar-refractivity contribution is 5.99. The van der Waals surface area contributed by atoms with E-state index in [1.165, 1.54) is 19.1 Å². The summed E-state index contributed by atoms with van der Waals surface area (Å²) in [6.07, 6.45) is 0.614. The van der Waals surface area contributed by atoms with Gasteiger partial charge in [-0.3, -0.25) is 9.59 Å². The zero-order chi connectivity index (χ0) is 16.0. The lowest BCUT2D eigenvalue weighted by Crippen LogP contribution is -2.45. The van der Waals surface area contributed by atoms with Crippen molar-refractivity contribution in [3.63, 3.8) is 0 Å². The summed E-state index contributed by atoms with van der Waals surface area (Å²) in [6, 6.07) is 5.20. The van der Waals surface area contributed by atoms with Crippen molar-refractivity contribution >= 4 is 17.8 Å². The molecule has 6 nitrogen and oxygen atoms in total. The lowest BCUT2D eigenvalue weighted by molar-refractivity contribution is -0.140. The molecule has 0 aliphatic heterocycles. The maximum Gasteiger partial charge on any atom is 0.326 e. The van der Waals surface area contributed by atoms with Crippen LogP contribution in [-0.4, -0.2) is 29.0 Å². The molecular weight excluding hydrogens is 274 g/mol. The first-order valence-corrected chi connectivity index (χ1v) is 6.67. The Morgan fingerprint density at radius 1 is 1.29 bits per heavy atom. The molecule has 0 aliphatic rings. The van der Waals surface area contributed by atoms with E-state index in [9.17, 15) is 19.5 Å². The van der Waals surface area contributed by atoms with Crippen LogP contribution in [-0.2, 0) is 9.59 Å². The first kappa shape index (κ1) is 16.7. The second-order valence-electron chi connectivity index (χ2n) is 4.76. The van der Waals surface area contributed by atoms with Crippen molar-refractivity contribution in [2.45, 2.75) is 33.2 Å². The summed E-state index contributed by atoms with van der Waals surface area (Å²) in [6.45, 7) is 4.82. The van der Waals surface area contributed by atoms with Gasteiger partial charge in [0.2, 0.25) is 0 Å². The second-order valence-corrected chi connectivity index (χ2v) is 4.76. The quantitative estimate of drug-likeness (QED) is 0.616. The third kappa shape index (κ3) is 4.59. The van der Waals surface area contributed by atoms with E-state index in [1.54, 1.807) is 19.1 Å². The van der Waals surface area contributed by atoms with E-state index in [4.69, 9.17) is 4.74 Å². The molecule has 0 aromatic heterocycles. The summed E-state index contributed by atoms with van der Waals surface area (Å²) in [5, 5.41) is 11.7. The Bertz CT molecular complexity index is 541. The van der Waals surface area contributed by atoms with Crippen LogP contribution in [0, 0.1) is 5.92 Å². The number of ether oxygens (including phenoxy) is 1. The van der Waals surface area contributed by atoms with E-state index in [1.807, 2.05) is 6.92 Å². The number of para-hydroxylation sites is 1. The largest absolute Gasteiger partial charge is 0.480 e. The van der Waals surface area contributed by atoms with Crippen molar-refractivity contribution in [2.75, 3.05) is 0 Å². The number of carbonyl (C=O) groups excluding carboxylic acids is 2. The third-order valence-corrected chi connectivity index (χ3v) is 3.15. The van der Waals surface area contributed by atoms with Crippen molar-refractivity contribution in [1.82, 2.24) is 5.32 Å². The van der Waals surface area contributed by atoms with Gasteiger partial charge in [0.15, 0.2) is 0 Å². The van der Waals surface area contributed by atoms with Crippen molar-refractivity contribution in [2.24, 2.45) is 5.92 Å². The maximum atomic E-state index is 12.2. The molecule has 1 rings (SSSR count). The van der Waals surface area contributed by atoms with Gasteiger partial charge in [0, 0.05) is 6.92 Å². The van der Waals surface area contributed by atoms with Crippen LogP contribution in [0.4, 0.5) is 0 Å². The van der Waals surface area contributed by atoms with E-state index < -0.39 is 23.9 Å². The van der Waals surface area contributed by atoms with E-state index in [0.29, 0.717) is 6.42 Å². The molecule has 2 N–H and O–H groups in total. The maximum absolute atomic E-state index is 12.2. The molecule has 0 spiro atoms. The molecule has 0 bridgehead atoms. The molecule has 1 amide bonds. The first-order chi connectivity index (χ1) is 9.86. The Kier molecular flexibility index (Phi) is 5.90. The van der Waals surface area contributed by atoms with Crippen molar-refractivity contribution in [1.29, 1.82) is 0 Å². The number of carboxylic acids is 1. The standard InChI is InChI=1S/C15H19NO5/c1-4-9(2)13(15(19)20)16-14(18)11-7-5-6-8-12(11)21-10(3)17/h5-9,13H,4H2,1-3H3,(H,16,18)(H,19,20). The lowest BCUT2D eigenvalue weighted by Gasteiger charge is -2.20. The Balaban J connectivity index is 2.97. The average molecular weight is 293 g/mol. The number of hydrogen-bond donors (Lipinski definition) is 2. The number of aliphatic carboxylic acids is 1. The predicted molar refractivity (Wildman–Crippen MR) is 76.1 cm³/mol. The number of rotatable bonds is 6. The highest BCUT2D eigenvalue weighted by Gasteiger charge is 2.26. The minimum absolute atomic E-state index is 0.107. The van der Waals surface area contributed by atoms with Crippen molar-refractivity contribution in [3.8, 4) is 5.75 Å². The van der Waals surface area contributed by atoms with Crippen molar-refractivity contribution in [3.05, 3.63) is 29.8 Å². The van der Waals surface area contributed by atoms with E-state index >= 15 is 0 Å².